The second kappa shape index (κ2) is 3.20. The zero-order valence-electron chi connectivity index (χ0n) is 6.91. The van der Waals surface area contributed by atoms with Crippen LogP contribution >= 0.6 is 0 Å². The Labute approximate surface area is 70.1 Å². The number of nitrogens with zero attached hydrogens (tertiary/aromatic N) is 2. The van der Waals surface area contributed by atoms with Gasteiger partial charge >= 0.3 is 0 Å². The smallest absolute Gasteiger partial charge is 0.160 e. The Balaban J connectivity index is 2.13. The van der Waals surface area contributed by atoms with Crippen molar-refractivity contribution in [2.45, 2.75) is 13.0 Å². The Morgan fingerprint density at radius 2 is 2.50 bits per heavy atom. The molecule has 5 nitrogen and oxygen atoms in total. The van der Waals surface area contributed by atoms with E-state index in [0.29, 0.717) is 0 Å². The molecule has 1 aromatic rings. The van der Waals surface area contributed by atoms with E-state index in [1.165, 1.54) is 0 Å². The zero-order valence-corrected chi connectivity index (χ0v) is 6.91. The van der Waals surface area contributed by atoms with Gasteiger partial charge in [-0.05, 0) is 6.92 Å². The summed E-state index contributed by atoms with van der Waals surface area (Å²) in [4.78, 5) is 0. The number of aromatic nitrogens is 2. The maximum atomic E-state index is 5.48. The Bertz CT molecular complexity index is 255. The van der Waals surface area contributed by atoms with Crippen LogP contribution in [-0.2, 0) is 4.74 Å². The Morgan fingerprint density at radius 1 is 1.58 bits per heavy atom. The summed E-state index contributed by atoms with van der Waals surface area (Å²) in [7, 11) is 0. The minimum Gasteiger partial charge on any atom is -0.369 e. The van der Waals surface area contributed by atoms with Gasteiger partial charge in [-0.15, -0.1) is 5.10 Å². The lowest BCUT2D eigenvalue weighted by atomic mass is 10.2. The van der Waals surface area contributed by atoms with Gasteiger partial charge in [-0.2, -0.15) is 0 Å². The van der Waals surface area contributed by atoms with Crippen molar-refractivity contribution >= 4 is 0 Å². The van der Waals surface area contributed by atoms with E-state index in [4.69, 9.17) is 9.26 Å². The van der Waals surface area contributed by atoms with Crippen molar-refractivity contribution < 1.29 is 9.26 Å². The van der Waals surface area contributed by atoms with Crippen molar-refractivity contribution in [2.75, 3.05) is 19.7 Å². The van der Waals surface area contributed by atoms with Crippen LogP contribution in [-0.4, -0.2) is 30.1 Å². The van der Waals surface area contributed by atoms with E-state index in [-0.39, 0.29) is 6.10 Å². The van der Waals surface area contributed by atoms with Crippen LogP contribution in [0.25, 0.3) is 0 Å². The van der Waals surface area contributed by atoms with E-state index in [9.17, 15) is 0 Å². The third-order valence-corrected chi connectivity index (χ3v) is 1.92. The largest absolute Gasteiger partial charge is 0.369 e. The number of rotatable bonds is 1. The zero-order chi connectivity index (χ0) is 8.39. The maximum absolute atomic E-state index is 5.48. The molecular weight excluding hydrogens is 158 g/mol. The summed E-state index contributed by atoms with van der Waals surface area (Å²) in [5, 5.41) is 10.5. The molecule has 0 bridgehead atoms. The summed E-state index contributed by atoms with van der Waals surface area (Å²) < 4.78 is 10.3. The van der Waals surface area contributed by atoms with Gasteiger partial charge in [0, 0.05) is 18.4 Å². The van der Waals surface area contributed by atoms with Crippen molar-refractivity contribution in [2.24, 2.45) is 0 Å². The molecule has 1 aliphatic rings. The third kappa shape index (κ3) is 1.33. The molecule has 0 saturated carbocycles. The lowest BCUT2D eigenvalue weighted by Gasteiger charge is -2.21. The molecule has 12 heavy (non-hydrogen) atoms. The predicted octanol–water partition coefficient (Wildman–Crippen LogP) is 0.0389. The van der Waals surface area contributed by atoms with E-state index >= 15 is 0 Å². The minimum atomic E-state index is 0.00463. The van der Waals surface area contributed by atoms with Crippen LogP contribution in [0.4, 0.5) is 0 Å². The quantitative estimate of drug-likeness (QED) is 0.643. The summed E-state index contributed by atoms with van der Waals surface area (Å²) in [6.45, 7) is 4.25. The number of aryl methyl sites for hydroxylation is 1. The second-order valence-electron chi connectivity index (χ2n) is 2.78. The van der Waals surface area contributed by atoms with E-state index in [1.54, 1.807) is 0 Å². The fraction of sp³-hybridized carbons (Fsp3) is 0.714. The molecule has 1 N–H and O–H groups in total. The molecule has 1 saturated heterocycles. The summed E-state index contributed by atoms with van der Waals surface area (Å²) in [6, 6.07) is 0. The Kier molecular flexibility index (Phi) is 2.05. The topological polar surface area (TPSA) is 60.2 Å². The standard InChI is InChI=1S/C7H11N3O2/c1-5-7(9-10-12-5)6-4-8-2-3-11-6/h6,8H,2-4H2,1H3. The highest BCUT2D eigenvalue weighted by Crippen LogP contribution is 2.18. The van der Waals surface area contributed by atoms with Gasteiger partial charge in [0.1, 0.15) is 11.8 Å². The van der Waals surface area contributed by atoms with E-state index < -0.39 is 0 Å². The number of morpholine rings is 1. The third-order valence-electron chi connectivity index (χ3n) is 1.92. The molecule has 0 spiro atoms. The van der Waals surface area contributed by atoms with E-state index in [2.05, 4.69) is 15.7 Å². The van der Waals surface area contributed by atoms with Gasteiger partial charge in [-0.25, -0.2) is 0 Å². The number of hydrogen-bond acceptors (Lipinski definition) is 5. The summed E-state index contributed by atoms with van der Waals surface area (Å²) >= 11 is 0. The molecule has 5 heteroatoms. The van der Waals surface area contributed by atoms with Gasteiger partial charge in [0.2, 0.25) is 0 Å². The van der Waals surface area contributed by atoms with Gasteiger partial charge in [0.15, 0.2) is 5.76 Å². The fourth-order valence-electron chi connectivity index (χ4n) is 1.27. The highest BCUT2D eigenvalue weighted by atomic mass is 16.5. The van der Waals surface area contributed by atoms with Crippen LogP contribution in [0.5, 0.6) is 0 Å². The molecule has 0 radical (unpaired) electrons. The molecule has 2 heterocycles. The summed E-state index contributed by atoms with van der Waals surface area (Å²) in [5.41, 5.74) is 0.808. The van der Waals surface area contributed by atoms with Crippen LogP contribution < -0.4 is 5.32 Å². The van der Waals surface area contributed by atoms with Crippen molar-refractivity contribution in [3.8, 4) is 0 Å². The molecule has 0 aliphatic carbocycles. The molecule has 0 aromatic carbocycles. The molecule has 1 atom stereocenters. The van der Waals surface area contributed by atoms with Gasteiger partial charge in [-0.1, -0.05) is 0 Å². The maximum Gasteiger partial charge on any atom is 0.160 e. The first kappa shape index (κ1) is 7.70. The lowest BCUT2D eigenvalue weighted by molar-refractivity contribution is 0.0244. The predicted molar refractivity (Wildman–Crippen MR) is 40.6 cm³/mol. The van der Waals surface area contributed by atoms with Gasteiger partial charge in [0.05, 0.1) is 6.61 Å². The molecule has 2 rings (SSSR count). The molecule has 1 fully saturated rings. The summed E-state index contributed by atoms with van der Waals surface area (Å²) in [6.07, 6.45) is 0.00463. The van der Waals surface area contributed by atoms with Crippen LogP contribution in [0, 0.1) is 6.92 Å². The van der Waals surface area contributed by atoms with Crippen molar-refractivity contribution in [1.82, 2.24) is 15.7 Å². The molecule has 0 amide bonds. The van der Waals surface area contributed by atoms with Crippen LogP contribution in [0.1, 0.15) is 17.6 Å². The van der Waals surface area contributed by atoms with Gasteiger partial charge in [0.25, 0.3) is 0 Å². The minimum absolute atomic E-state index is 0.00463. The highest BCUT2D eigenvalue weighted by Gasteiger charge is 2.21. The molecule has 1 unspecified atom stereocenters. The Morgan fingerprint density at radius 3 is 3.08 bits per heavy atom. The molecule has 66 valence electrons. The first-order valence-corrected chi connectivity index (χ1v) is 3.99. The monoisotopic (exact) mass is 169 g/mol. The molecule has 1 aromatic heterocycles. The molecule has 1 aliphatic heterocycles. The first-order valence-electron chi connectivity index (χ1n) is 3.99. The average Bonchev–Trinajstić information content (AvgIpc) is 2.53. The van der Waals surface area contributed by atoms with Crippen molar-refractivity contribution in [3.63, 3.8) is 0 Å². The molecular formula is C7H11N3O2. The van der Waals surface area contributed by atoms with Crippen molar-refractivity contribution in [1.29, 1.82) is 0 Å². The number of ether oxygens (including phenoxy) is 1. The lowest BCUT2D eigenvalue weighted by Crippen LogP contribution is -2.33. The van der Waals surface area contributed by atoms with Crippen LogP contribution in [0.3, 0.4) is 0 Å². The number of nitrogens with one attached hydrogen (secondary N) is 1. The van der Waals surface area contributed by atoms with E-state index in [1.807, 2.05) is 6.92 Å². The summed E-state index contributed by atoms with van der Waals surface area (Å²) in [5.74, 6) is 0.740. The van der Waals surface area contributed by atoms with Gasteiger partial charge in [-0.3, -0.25) is 0 Å². The number of hydrogen-bond donors (Lipinski definition) is 1. The average molecular weight is 169 g/mol. The fourth-order valence-corrected chi connectivity index (χ4v) is 1.27. The van der Waals surface area contributed by atoms with Crippen LogP contribution in [0.2, 0.25) is 0 Å². The highest BCUT2D eigenvalue weighted by molar-refractivity contribution is 5.07. The van der Waals surface area contributed by atoms with Crippen molar-refractivity contribution in [3.05, 3.63) is 11.5 Å². The second-order valence-corrected chi connectivity index (χ2v) is 2.78. The SMILES string of the molecule is Cc1onnc1C1CNCCO1. The van der Waals surface area contributed by atoms with Gasteiger partial charge < -0.3 is 14.6 Å². The van der Waals surface area contributed by atoms with Crippen LogP contribution in [0.15, 0.2) is 4.52 Å². The normalized spacial score (nSPS) is 24.2. The first-order chi connectivity index (χ1) is 5.88. The Hall–Kier alpha value is -0.940. The van der Waals surface area contributed by atoms with E-state index in [0.717, 1.165) is 31.2 Å².